The van der Waals surface area contributed by atoms with E-state index in [1.165, 1.54) is 16.4 Å². The first-order valence-corrected chi connectivity index (χ1v) is 14.2. The van der Waals surface area contributed by atoms with Gasteiger partial charge in [0.1, 0.15) is 0 Å². The van der Waals surface area contributed by atoms with Crippen LogP contribution in [-0.4, -0.2) is 29.3 Å². The molecule has 0 unspecified atom stereocenters. The zero-order valence-corrected chi connectivity index (χ0v) is 20.7. The van der Waals surface area contributed by atoms with Crippen LogP contribution in [0.3, 0.4) is 0 Å². The molecule has 0 saturated carbocycles. The molecule has 0 atom stereocenters. The zero-order chi connectivity index (χ0) is 25.1. The molecule has 0 aliphatic carbocycles. The lowest BCUT2D eigenvalue weighted by atomic mass is 10.0. The van der Waals surface area contributed by atoms with Gasteiger partial charge in [-0.25, -0.2) is 22.0 Å². The number of hydrogen-bond acceptors (Lipinski definition) is 5. The van der Waals surface area contributed by atoms with Crippen molar-refractivity contribution in [1.29, 1.82) is 0 Å². The molecule has 4 rings (SSSR count). The van der Waals surface area contributed by atoms with E-state index in [1.807, 2.05) is 24.3 Å². The molecule has 0 saturated heterocycles. The van der Waals surface area contributed by atoms with E-state index in [0.29, 0.717) is 13.0 Å². The van der Waals surface area contributed by atoms with Crippen molar-refractivity contribution in [3.8, 4) is 0 Å². The molecule has 1 aliphatic rings. The largest absolute Gasteiger partial charge is 0.352 e. The molecule has 3 aromatic rings. The number of primary sulfonamides is 1. The number of anilines is 1. The summed E-state index contributed by atoms with van der Waals surface area (Å²) >= 11 is 0. The maximum Gasteiger partial charge on any atom is 0.264 e. The van der Waals surface area contributed by atoms with Crippen molar-refractivity contribution in [2.24, 2.45) is 5.14 Å². The van der Waals surface area contributed by atoms with Crippen LogP contribution in [0.25, 0.3) is 0 Å². The van der Waals surface area contributed by atoms with E-state index in [9.17, 15) is 21.6 Å². The number of aryl methyl sites for hydroxylation is 2. The Morgan fingerprint density at radius 2 is 1.49 bits per heavy atom. The average Bonchev–Trinajstić information content (AvgIpc) is 2.86. The van der Waals surface area contributed by atoms with E-state index < -0.39 is 20.0 Å². The van der Waals surface area contributed by atoms with Crippen LogP contribution in [0.5, 0.6) is 0 Å². The van der Waals surface area contributed by atoms with Crippen molar-refractivity contribution in [2.75, 3.05) is 10.8 Å². The number of para-hydroxylation sites is 1. The van der Waals surface area contributed by atoms with Crippen LogP contribution in [0.1, 0.15) is 29.5 Å². The molecular weight excluding hydrogens is 486 g/mol. The van der Waals surface area contributed by atoms with Gasteiger partial charge in [-0.3, -0.25) is 9.10 Å². The van der Waals surface area contributed by atoms with Gasteiger partial charge >= 0.3 is 0 Å². The van der Waals surface area contributed by atoms with Crippen LogP contribution in [0.4, 0.5) is 5.69 Å². The third-order valence-electron chi connectivity index (χ3n) is 5.96. The molecule has 0 spiro atoms. The van der Waals surface area contributed by atoms with Crippen molar-refractivity contribution in [1.82, 2.24) is 5.32 Å². The van der Waals surface area contributed by atoms with Crippen molar-refractivity contribution >= 4 is 31.6 Å². The molecule has 0 aromatic heterocycles. The average molecular weight is 514 g/mol. The molecule has 10 heteroatoms. The first kappa shape index (κ1) is 24.9. The van der Waals surface area contributed by atoms with Crippen LogP contribution in [0, 0.1) is 0 Å². The molecule has 1 amide bonds. The van der Waals surface area contributed by atoms with Crippen LogP contribution >= 0.6 is 0 Å². The standard InChI is InChI=1S/C25H27N3O5S2/c26-34(30,31)22-12-9-20(10-13-22)18-27-25(29)16-11-19-7-14-23(15-8-19)35(32,33)28-17-3-5-21-4-1-2-6-24(21)28/h1-2,4,6-10,12-15H,3,5,11,16-18H2,(H,27,29)(H2,26,30,31). The van der Waals surface area contributed by atoms with E-state index in [-0.39, 0.29) is 28.7 Å². The third kappa shape index (κ3) is 5.90. The van der Waals surface area contributed by atoms with Crippen LogP contribution in [-0.2, 0) is 44.2 Å². The second kappa shape index (κ2) is 10.2. The lowest BCUT2D eigenvalue weighted by molar-refractivity contribution is -0.121. The van der Waals surface area contributed by atoms with Crippen molar-refractivity contribution in [3.63, 3.8) is 0 Å². The van der Waals surface area contributed by atoms with Crippen LogP contribution in [0.2, 0.25) is 0 Å². The molecule has 3 aromatic carbocycles. The van der Waals surface area contributed by atoms with Crippen molar-refractivity contribution < 1.29 is 21.6 Å². The summed E-state index contributed by atoms with van der Waals surface area (Å²) in [5.74, 6) is -0.165. The Balaban J connectivity index is 1.33. The maximum atomic E-state index is 13.2. The predicted octanol–water partition coefficient (Wildman–Crippen LogP) is 2.72. The van der Waals surface area contributed by atoms with Gasteiger partial charge in [-0.05, 0) is 66.3 Å². The minimum atomic E-state index is -3.75. The summed E-state index contributed by atoms with van der Waals surface area (Å²) in [5.41, 5.74) is 3.37. The molecule has 0 fully saturated rings. The highest BCUT2D eigenvalue weighted by atomic mass is 32.2. The van der Waals surface area contributed by atoms with Crippen LogP contribution < -0.4 is 14.8 Å². The van der Waals surface area contributed by atoms with Gasteiger partial charge in [0.05, 0.1) is 15.5 Å². The van der Waals surface area contributed by atoms with Gasteiger partial charge in [0, 0.05) is 19.5 Å². The lowest BCUT2D eigenvalue weighted by Crippen LogP contribution is -2.35. The number of hydrogen-bond donors (Lipinski definition) is 2. The van der Waals surface area contributed by atoms with Gasteiger partial charge < -0.3 is 5.32 Å². The molecule has 8 nitrogen and oxygen atoms in total. The molecule has 1 aliphatic heterocycles. The summed E-state index contributed by atoms with van der Waals surface area (Å²) in [4.78, 5) is 12.5. The third-order valence-corrected chi connectivity index (χ3v) is 8.72. The molecular formula is C25H27N3O5S2. The number of fused-ring (bicyclic) bond motifs is 1. The van der Waals surface area contributed by atoms with Crippen LogP contribution in [0.15, 0.2) is 82.6 Å². The molecule has 3 N–H and O–H groups in total. The monoisotopic (exact) mass is 513 g/mol. The number of nitrogens with two attached hydrogens (primary N) is 1. The Morgan fingerprint density at radius 3 is 2.17 bits per heavy atom. The second-order valence-electron chi connectivity index (χ2n) is 8.42. The summed E-state index contributed by atoms with van der Waals surface area (Å²) in [5, 5.41) is 7.87. The molecule has 1 heterocycles. The highest BCUT2D eigenvalue weighted by Crippen LogP contribution is 2.31. The number of carbonyl (C=O) groups is 1. The molecule has 35 heavy (non-hydrogen) atoms. The normalized spacial score (nSPS) is 13.8. The fraction of sp³-hybridized carbons (Fsp3) is 0.240. The summed E-state index contributed by atoms with van der Waals surface area (Å²) < 4.78 is 50.6. The van der Waals surface area contributed by atoms with Gasteiger partial charge in [0.25, 0.3) is 10.0 Å². The minimum absolute atomic E-state index is 0.0162. The lowest BCUT2D eigenvalue weighted by Gasteiger charge is -2.30. The fourth-order valence-corrected chi connectivity index (χ4v) is 6.10. The highest BCUT2D eigenvalue weighted by Gasteiger charge is 2.28. The van der Waals surface area contributed by atoms with Gasteiger partial charge in [-0.2, -0.15) is 0 Å². The smallest absolute Gasteiger partial charge is 0.264 e. The Kier molecular flexibility index (Phi) is 7.25. The number of nitrogens with one attached hydrogen (secondary N) is 1. The predicted molar refractivity (Wildman–Crippen MR) is 134 cm³/mol. The Morgan fingerprint density at radius 1 is 0.857 bits per heavy atom. The number of sulfonamides is 2. The summed E-state index contributed by atoms with van der Waals surface area (Å²) in [6.07, 6.45) is 2.34. The van der Waals surface area contributed by atoms with Crippen molar-refractivity contribution in [2.45, 2.75) is 42.0 Å². The van der Waals surface area contributed by atoms with Gasteiger partial charge in [0.15, 0.2) is 0 Å². The molecule has 0 bridgehead atoms. The number of nitrogens with zero attached hydrogens (tertiary/aromatic N) is 1. The van der Waals surface area contributed by atoms with E-state index in [0.717, 1.165) is 35.2 Å². The molecule has 184 valence electrons. The quantitative estimate of drug-likeness (QED) is 0.479. The topological polar surface area (TPSA) is 127 Å². The maximum absolute atomic E-state index is 13.2. The number of amides is 1. The number of benzene rings is 3. The SMILES string of the molecule is NS(=O)(=O)c1ccc(CNC(=O)CCc2ccc(S(=O)(=O)N3CCCc4ccccc43)cc2)cc1. The van der Waals surface area contributed by atoms with Crippen molar-refractivity contribution in [3.05, 3.63) is 89.5 Å². The number of rotatable bonds is 8. The Hall–Kier alpha value is -3.21. The highest BCUT2D eigenvalue weighted by molar-refractivity contribution is 7.92. The Bertz CT molecular complexity index is 1420. The first-order chi connectivity index (χ1) is 16.6. The summed E-state index contributed by atoms with van der Waals surface area (Å²) in [7, 11) is -7.42. The van der Waals surface area contributed by atoms with E-state index in [2.05, 4.69) is 5.32 Å². The number of carbonyl (C=O) groups excluding carboxylic acids is 1. The first-order valence-electron chi connectivity index (χ1n) is 11.2. The minimum Gasteiger partial charge on any atom is -0.352 e. The van der Waals surface area contributed by atoms with Gasteiger partial charge in [0.2, 0.25) is 15.9 Å². The summed E-state index contributed by atoms with van der Waals surface area (Å²) in [6.45, 7) is 0.713. The molecule has 0 radical (unpaired) electrons. The fourth-order valence-electron chi connectivity index (χ4n) is 4.05. The van der Waals surface area contributed by atoms with E-state index in [1.54, 1.807) is 36.4 Å². The van der Waals surface area contributed by atoms with Gasteiger partial charge in [-0.1, -0.05) is 42.5 Å². The van der Waals surface area contributed by atoms with Gasteiger partial charge in [-0.15, -0.1) is 0 Å². The van der Waals surface area contributed by atoms with E-state index in [4.69, 9.17) is 5.14 Å². The van der Waals surface area contributed by atoms with E-state index >= 15 is 0 Å². The second-order valence-corrected chi connectivity index (χ2v) is 11.8. The zero-order valence-electron chi connectivity index (χ0n) is 19.1. The Labute approximate surface area is 205 Å². The summed E-state index contributed by atoms with van der Waals surface area (Å²) in [6, 6.07) is 20.2.